The van der Waals surface area contributed by atoms with Gasteiger partial charge in [-0.3, -0.25) is 0 Å². The van der Waals surface area contributed by atoms with E-state index in [1.165, 1.54) is 0 Å². The maximum absolute atomic E-state index is 0. The average Bonchev–Trinajstić information content (AvgIpc) is 0. The van der Waals surface area contributed by atoms with Gasteiger partial charge < -0.3 is 0 Å². The van der Waals surface area contributed by atoms with Crippen molar-refractivity contribution in [1.82, 2.24) is 0 Å². The molecule has 56 valence electrons. The van der Waals surface area contributed by atoms with Crippen LogP contribution in [0.2, 0.25) is 0 Å². The van der Waals surface area contributed by atoms with Gasteiger partial charge in [-0.25, -0.2) is 0 Å². The molecule has 0 aromatic heterocycles. The van der Waals surface area contributed by atoms with Crippen molar-refractivity contribution in [3.8, 4) is 0 Å². The maximum atomic E-state index is 0. The fourth-order valence-electron chi connectivity index (χ4n) is 0. The second kappa shape index (κ2) is 40.9. The molecule has 0 aromatic carbocycles. The molecule has 0 saturated carbocycles. The van der Waals surface area contributed by atoms with Gasteiger partial charge in [-0.1, -0.05) is 0 Å². The van der Waals surface area contributed by atoms with Gasteiger partial charge in [-0.2, -0.15) is 0 Å². The van der Waals surface area contributed by atoms with Crippen molar-refractivity contribution in [3.63, 3.8) is 0 Å². The molecule has 0 aliphatic rings. The van der Waals surface area contributed by atoms with Crippen molar-refractivity contribution in [1.29, 1.82) is 0 Å². The first-order chi connectivity index (χ1) is 0. The van der Waals surface area contributed by atoms with Crippen molar-refractivity contribution < 1.29 is 82.5 Å². The SMILES string of the molecule is [Ni].[Ni].[Ni].[Ni].[Ni].[SnH2]. The Labute approximate surface area is 105 Å². The monoisotopic (exact) mass is 412 g/mol. The van der Waals surface area contributed by atoms with Crippen molar-refractivity contribution in [2.45, 2.75) is 0 Å². The standard InChI is InChI=1S/5Ni.Sn.2H. The molecule has 0 bridgehead atoms. The van der Waals surface area contributed by atoms with E-state index < -0.39 is 0 Å². The summed E-state index contributed by atoms with van der Waals surface area (Å²) in [5, 5.41) is 0. The van der Waals surface area contributed by atoms with Crippen molar-refractivity contribution >= 4 is 23.9 Å². The molecule has 6 heavy (non-hydrogen) atoms. The second-order valence-electron chi connectivity index (χ2n) is 0. The van der Waals surface area contributed by atoms with E-state index in [2.05, 4.69) is 0 Å². The minimum atomic E-state index is 0. The third kappa shape index (κ3) is 26.7. The van der Waals surface area contributed by atoms with Crippen LogP contribution in [0.5, 0.6) is 0 Å². The van der Waals surface area contributed by atoms with Crippen molar-refractivity contribution in [2.75, 3.05) is 0 Å². The Kier molecular flexibility index (Phi) is 405. The molecule has 0 amide bonds. The quantitative estimate of drug-likeness (QED) is 0.450. The van der Waals surface area contributed by atoms with Crippen LogP contribution in [-0.4, -0.2) is 23.9 Å². The Bertz CT molecular complexity index is 3.90. The summed E-state index contributed by atoms with van der Waals surface area (Å²) >= 11 is 0. The minimum absolute atomic E-state index is 0. The topological polar surface area (TPSA) is 0 Å². The molecular formula is H2Ni5Sn. The van der Waals surface area contributed by atoms with Crippen LogP contribution in [0.3, 0.4) is 0 Å². The molecule has 0 atom stereocenters. The first-order valence-electron chi connectivity index (χ1n) is 0. The van der Waals surface area contributed by atoms with E-state index in [9.17, 15) is 0 Å². The summed E-state index contributed by atoms with van der Waals surface area (Å²) in [4.78, 5) is 0. The number of hydrogen-bond acceptors (Lipinski definition) is 0. The zero-order valence-corrected chi connectivity index (χ0v) is 11.3. The fourth-order valence-corrected chi connectivity index (χ4v) is 0. The summed E-state index contributed by atoms with van der Waals surface area (Å²) in [6.07, 6.45) is 0. The fraction of sp³-hybridized carbons (Fsp3) is 0. The van der Waals surface area contributed by atoms with Crippen molar-refractivity contribution in [3.05, 3.63) is 0 Å². The molecule has 0 rings (SSSR count). The average molecular weight is 414 g/mol. The summed E-state index contributed by atoms with van der Waals surface area (Å²) in [6, 6.07) is 0. The van der Waals surface area contributed by atoms with Gasteiger partial charge in [0.25, 0.3) is 0 Å². The predicted octanol–water partition coefficient (Wildman–Crippen LogP) is -0.929. The predicted molar refractivity (Wildman–Crippen MR) is 8.54 cm³/mol. The number of hydrogen-bond donors (Lipinski definition) is 0. The van der Waals surface area contributed by atoms with Gasteiger partial charge in [-0.15, -0.1) is 0 Å². The van der Waals surface area contributed by atoms with Crippen LogP contribution in [0.15, 0.2) is 0 Å². The van der Waals surface area contributed by atoms with Crippen molar-refractivity contribution in [2.24, 2.45) is 0 Å². The zero-order valence-electron chi connectivity index (χ0n) is 2.29. The molecule has 0 saturated heterocycles. The Hall–Kier alpha value is 3.27. The van der Waals surface area contributed by atoms with Crippen LogP contribution in [0.1, 0.15) is 0 Å². The van der Waals surface area contributed by atoms with Gasteiger partial charge in [0.2, 0.25) is 0 Å². The summed E-state index contributed by atoms with van der Waals surface area (Å²) < 4.78 is 0. The van der Waals surface area contributed by atoms with Crippen LogP contribution in [0.25, 0.3) is 0 Å². The van der Waals surface area contributed by atoms with Gasteiger partial charge in [0.1, 0.15) is 0 Å². The third-order valence-electron chi connectivity index (χ3n) is 0. The van der Waals surface area contributed by atoms with Crippen LogP contribution in [0, 0.1) is 0 Å². The molecule has 6 heteroatoms. The van der Waals surface area contributed by atoms with Gasteiger partial charge in [0.05, 0.1) is 0 Å². The van der Waals surface area contributed by atoms with E-state index >= 15 is 0 Å². The van der Waals surface area contributed by atoms with E-state index in [-0.39, 0.29) is 106 Å². The van der Waals surface area contributed by atoms with Crippen LogP contribution in [0.4, 0.5) is 0 Å². The van der Waals surface area contributed by atoms with Gasteiger partial charge in [-0.05, 0) is 0 Å². The Morgan fingerprint density at radius 3 is 0.333 bits per heavy atom. The van der Waals surface area contributed by atoms with E-state index in [1.807, 2.05) is 0 Å². The van der Waals surface area contributed by atoms with Crippen LogP contribution >= 0.6 is 0 Å². The number of rotatable bonds is 0. The molecular weight excluding hydrogens is 412 g/mol. The second-order valence-corrected chi connectivity index (χ2v) is 0. The van der Waals surface area contributed by atoms with Gasteiger partial charge >= 0.3 is 23.9 Å². The Morgan fingerprint density at radius 2 is 0.333 bits per heavy atom. The molecule has 0 spiro atoms. The van der Waals surface area contributed by atoms with E-state index in [1.54, 1.807) is 0 Å². The van der Waals surface area contributed by atoms with Crippen LogP contribution in [-0.2, 0) is 82.5 Å². The molecule has 0 aromatic rings. The molecule has 0 unspecified atom stereocenters. The first-order valence-corrected chi connectivity index (χ1v) is 0. The van der Waals surface area contributed by atoms with Gasteiger partial charge in [0.15, 0.2) is 0 Å². The normalized spacial score (nSPS) is 0. The first kappa shape index (κ1) is 59.4. The summed E-state index contributed by atoms with van der Waals surface area (Å²) in [6.45, 7) is 0. The third-order valence-corrected chi connectivity index (χ3v) is 0. The molecule has 0 heterocycles. The Balaban J connectivity index is 0. The molecule has 0 N–H and O–H groups in total. The van der Waals surface area contributed by atoms with Gasteiger partial charge in [0, 0.05) is 82.5 Å². The Morgan fingerprint density at radius 1 is 0.333 bits per heavy atom. The molecule has 0 fully saturated rings. The summed E-state index contributed by atoms with van der Waals surface area (Å²) in [5.74, 6) is 0. The molecule has 0 aliphatic carbocycles. The van der Waals surface area contributed by atoms with E-state index in [0.29, 0.717) is 0 Å². The summed E-state index contributed by atoms with van der Waals surface area (Å²) in [5.41, 5.74) is 0. The molecule has 2 radical (unpaired) electrons. The zero-order chi connectivity index (χ0) is 0. The molecule has 0 nitrogen and oxygen atoms in total. The summed E-state index contributed by atoms with van der Waals surface area (Å²) in [7, 11) is 0. The van der Waals surface area contributed by atoms with E-state index in [0.717, 1.165) is 0 Å². The van der Waals surface area contributed by atoms with Crippen LogP contribution < -0.4 is 0 Å². The van der Waals surface area contributed by atoms with E-state index in [4.69, 9.17) is 0 Å². The molecule has 0 aliphatic heterocycles.